The van der Waals surface area contributed by atoms with E-state index in [9.17, 15) is 9.59 Å². The minimum absolute atomic E-state index is 0.110. The summed E-state index contributed by atoms with van der Waals surface area (Å²) in [6.45, 7) is 0.898. The highest BCUT2D eigenvalue weighted by Gasteiger charge is 2.23. The number of ether oxygens (including phenoxy) is 1. The fraction of sp³-hybridized carbons (Fsp3) is 0.556. The fourth-order valence-corrected chi connectivity index (χ4v) is 1.61. The zero-order valence-electron chi connectivity index (χ0n) is 8.55. The van der Waals surface area contributed by atoms with Gasteiger partial charge in [-0.05, 0) is 0 Å². The molecule has 88 valence electrons. The van der Waals surface area contributed by atoms with E-state index in [1.165, 1.54) is 16.8 Å². The second-order valence-corrected chi connectivity index (χ2v) is 3.57. The monoisotopic (exact) mass is 227 g/mol. The van der Waals surface area contributed by atoms with Crippen LogP contribution < -0.4 is 16.6 Å². The van der Waals surface area contributed by atoms with Crippen molar-refractivity contribution in [2.75, 3.05) is 19.7 Å². The summed E-state index contributed by atoms with van der Waals surface area (Å²) < 4.78 is 6.76. The van der Waals surface area contributed by atoms with Crippen LogP contribution in [0, 0.1) is 0 Å². The van der Waals surface area contributed by atoms with E-state index in [0.29, 0.717) is 13.1 Å². The number of aromatic nitrogens is 2. The first-order valence-electron chi connectivity index (χ1n) is 4.99. The Kier molecular flexibility index (Phi) is 3.18. The smallest absolute Gasteiger partial charge is 0.330 e. The van der Waals surface area contributed by atoms with Crippen molar-refractivity contribution in [2.45, 2.75) is 12.3 Å². The van der Waals surface area contributed by atoms with Gasteiger partial charge in [-0.1, -0.05) is 0 Å². The molecule has 1 aliphatic rings. The standard InChI is InChI=1S/C9H13N3O4/c13-5-6-3-10-4-8(16-6)12-2-1-7(14)11-9(12)15/h1-2,6,8,10,13H,3-5H2,(H,11,14,15). The highest BCUT2D eigenvalue weighted by Crippen LogP contribution is 2.11. The number of morpholine rings is 1. The average Bonchev–Trinajstić information content (AvgIpc) is 2.29. The van der Waals surface area contributed by atoms with Crippen LogP contribution >= 0.6 is 0 Å². The molecule has 0 bridgehead atoms. The van der Waals surface area contributed by atoms with Crippen molar-refractivity contribution >= 4 is 0 Å². The lowest BCUT2D eigenvalue weighted by atomic mass is 10.3. The Morgan fingerprint density at radius 3 is 3.00 bits per heavy atom. The SMILES string of the molecule is O=c1ccn(C2CNCC(CO)O2)c(=O)[nH]1. The van der Waals surface area contributed by atoms with E-state index in [-0.39, 0.29) is 12.7 Å². The van der Waals surface area contributed by atoms with Gasteiger partial charge in [-0.2, -0.15) is 0 Å². The summed E-state index contributed by atoms with van der Waals surface area (Å²) >= 11 is 0. The summed E-state index contributed by atoms with van der Waals surface area (Å²) in [5.74, 6) is 0. The maximum atomic E-state index is 11.5. The normalized spacial score (nSPS) is 25.6. The van der Waals surface area contributed by atoms with Gasteiger partial charge in [0.2, 0.25) is 0 Å². The van der Waals surface area contributed by atoms with Gasteiger partial charge in [0, 0.05) is 25.4 Å². The molecule has 7 heteroatoms. The molecular weight excluding hydrogens is 214 g/mol. The third kappa shape index (κ3) is 2.21. The average molecular weight is 227 g/mol. The van der Waals surface area contributed by atoms with Crippen LogP contribution in [0.3, 0.4) is 0 Å². The van der Waals surface area contributed by atoms with Gasteiger partial charge in [0.25, 0.3) is 5.56 Å². The Balaban J connectivity index is 2.23. The van der Waals surface area contributed by atoms with Gasteiger partial charge in [-0.15, -0.1) is 0 Å². The number of aromatic amines is 1. The second-order valence-electron chi connectivity index (χ2n) is 3.57. The minimum Gasteiger partial charge on any atom is -0.394 e. The van der Waals surface area contributed by atoms with E-state index >= 15 is 0 Å². The third-order valence-electron chi connectivity index (χ3n) is 2.41. The van der Waals surface area contributed by atoms with Crippen LogP contribution in [0.5, 0.6) is 0 Å². The van der Waals surface area contributed by atoms with E-state index in [4.69, 9.17) is 9.84 Å². The van der Waals surface area contributed by atoms with Crippen LogP contribution in [0.15, 0.2) is 21.9 Å². The molecule has 3 N–H and O–H groups in total. The first-order chi connectivity index (χ1) is 7.70. The Bertz CT molecular complexity index is 466. The highest BCUT2D eigenvalue weighted by atomic mass is 16.5. The van der Waals surface area contributed by atoms with Crippen molar-refractivity contribution in [3.63, 3.8) is 0 Å². The molecule has 0 spiro atoms. The van der Waals surface area contributed by atoms with E-state index < -0.39 is 17.5 Å². The molecule has 1 fully saturated rings. The van der Waals surface area contributed by atoms with Crippen molar-refractivity contribution in [2.24, 2.45) is 0 Å². The van der Waals surface area contributed by atoms with Crippen LogP contribution in [0.25, 0.3) is 0 Å². The topological polar surface area (TPSA) is 96.3 Å². The molecule has 1 aromatic rings. The number of H-pyrrole nitrogens is 1. The molecule has 0 aliphatic carbocycles. The first-order valence-corrected chi connectivity index (χ1v) is 4.99. The number of nitrogens with one attached hydrogen (secondary N) is 2. The number of aliphatic hydroxyl groups excluding tert-OH is 1. The molecule has 0 saturated carbocycles. The van der Waals surface area contributed by atoms with Crippen LogP contribution in [0.4, 0.5) is 0 Å². The van der Waals surface area contributed by atoms with Crippen LogP contribution in [0.1, 0.15) is 6.23 Å². The summed E-state index contributed by atoms with van der Waals surface area (Å²) in [4.78, 5) is 24.5. The van der Waals surface area contributed by atoms with Crippen LogP contribution in [0.2, 0.25) is 0 Å². The third-order valence-corrected chi connectivity index (χ3v) is 2.41. The van der Waals surface area contributed by atoms with Gasteiger partial charge in [0.05, 0.1) is 12.7 Å². The fourth-order valence-electron chi connectivity index (χ4n) is 1.61. The first kappa shape index (κ1) is 11.1. The Hall–Kier alpha value is -1.44. The maximum Gasteiger partial charge on any atom is 0.330 e. The van der Waals surface area contributed by atoms with Crippen LogP contribution in [-0.2, 0) is 4.74 Å². The molecule has 2 atom stereocenters. The van der Waals surface area contributed by atoms with E-state index in [1.54, 1.807) is 0 Å². The van der Waals surface area contributed by atoms with Gasteiger partial charge in [-0.25, -0.2) is 4.79 Å². The molecule has 0 amide bonds. The summed E-state index contributed by atoms with van der Waals surface area (Å²) in [5.41, 5.74) is -0.957. The van der Waals surface area contributed by atoms with Crippen molar-refractivity contribution in [1.82, 2.24) is 14.9 Å². The van der Waals surface area contributed by atoms with Gasteiger partial charge < -0.3 is 15.2 Å². The highest BCUT2D eigenvalue weighted by molar-refractivity contribution is 4.85. The van der Waals surface area contributed by atoms with Gasteiger partial charge in [0.1, 0.15) is 0 Å². The van der Waals surface area contributed by atoms with E-state index in [0.717, 1.165) is 0 Å². The predicted molar refractivity (Wildman–Crippen MR) is 55.2 cm³/mol. The number of rotatable bonds is 2. The largest absolute Gasteiger partial charge is 0.394 e. The quantitative estimate of drug-likeness (QED) is 0.544. The molecule has 2 unspecified atom stereocenters. The molecule has 2 heterocycles. The predicted octanol–water partition coefficient (Wildman–Crippen LogP) is -1.98. The number of nitrogens with zero attached hydrogens (tertiary/aromatic N) is 1. The Labute approximate surface area is 90.7 Å². The van der Waals surface area contributed by atoms with Crippen LogP contribution in [-0.4, -0.2) is 40.5 Å². The maximum absolute atomic E-state index is 11.5. The molecule has 2 rings (SSSR count). The van der Waals surface area contributed by atoms with Crippen molar-refractivity contribution in [3.8, 4) is 0 Å². The van der Waals surface area contributed by atoms with Gasteiger partial charge >= 0.3 is 5.69 Å². The molecule has 0 aromatic carbocycles. The van der Waals surface area contributed by atoms with Crippen molar-refractivity contribution < 1.29 is 9.84 Å². The van der Waals surface area contributed by atoms with Crippen molar-refractivity contribution in [1.29, 1.82) is 0 Å². The molecule has 16 heavy (non-hydrogen) atoms. The molecular formula is C9H13N3O4. The second kappa shape index (κ2) is 4.60. The molecule has 0 radical (unpaired) electrons. The molecule has 1 aromatic heterocycles. The lowest BCUT2D eigenvalue weighted by molar-refractivity contribution is -0.0967. The lowest BCUT2D eigenvalue weighted by Crippen LogP contribution is -2.47. The van der Waals surface area contributed by atoms with Gasteiger partial charge in [-0.3, -0.25) is 14.3 Å². The Morgan fingerprint density at radius 1 is 1.50 bits per heavy atom. The summed E-state index contributed by atoms with van der Waals surface area (Å²) in [6, 6.07) is 1.26. The summed E-state index contributed by atoms with van der Waals surface area (Å²) in [6.07, 6.45) is 0.542. The zero-order chi connectivity index (χ0) is 11.5. The zero-order valence-corrected chi connectivity index (χ0v) is 8.55. The van der Waals surface area contributed by atoms with E-state index in [2.05, 4.69) is 10.3 Å². The minimum atomic E-state index is -0.516. The molecule has 1 aliphatic heterocycles. The molecule has 7 nitrogen and oxygen atoms in total. The van der Waals surface area contributed by atoms with Crippen molar-refractivity contribution in [3.05, 3.63) is 33.1 Å². The molecule has 1 saturated heterocycles. The summed E-state index contributed by atoms with van der Waals surface area (Å²) in [5, 5.41) is 12.0. The van der Waals surface area contributed by atoms with E-state index in [1.807, 2.05) is 0 Å². The number of hydrogen-bond donors (Lipinski definition) is 3. The summed E-state index contributed by atoms with van der Waals surface area (Å²) in [7, 11) is 0. The lowest BCUT2D eigenvalue weighted by Gasteiger charge is -2.30. The number of hydrogen-bond acceptors (Lipinski definition) is 5. The number of aliphatic hydroxyl groups is 1. The van der Waals surface area contributed by atoms with Gasteiger partial charge in [0.15, 0.2) is 6.23 Å². The Morgan fingerprint density at radius 2 is 2.31 bits per heavy atom.